The molecule has 0 saturated carbocycles. The van der Waals surface area contributed by atoms with Crippen LogP contribution in [0, 0.1) is 0 Å². The Morgan fingerprint density at radius 1 is 0.750 bits per heavy atom. The Balaban J connectivity index is 2.21. The number of rotatable bonds is 3. The molecule has 2 aromatic carbocycles. The van der Waals surface area contributed by atoms with Gasteiger partial charge in [-0.05, 0) is 0 Å². The van der Waals surface area contributed by atoms with Gasteiger partial charge < -0.3 is 0 Å². The molecule has 0 spiro atoms. The summed E-state index contributed by atoms with van der Waals surface area (Å²) in [6, 6.07) is 21.6. The molecule has 0 bridgehead atoms. The van der Waals surface area contributed by atoms with Crippen molar-refractivity contribution in [3.8, 4) is 0 Å². The molecule has 2 rings (SSSR count). The van der Waals surface area contributed by atoms with Crippen LogP contribution in [0.5, 0.6) is 0 Å². The molecule has 0 heterocycles. The predicted molar refractivity (Wildman–Crippen MR) is 81.5 cm³/mol. The van der Waals surface area contributed by atoms with Crippen LogP contribution in [-0.4, -0.2) is 27.0 Å². The van der Waals surface area contributed by atoms with Gasteiger partial charge in [-0.15, -0.1) is 0 Å². The summed E-state index contributed by atoms with van der Waals surface area (Å²) in [6.45, 7) is 0. The van der Waals surface area contributed by atoms with Gasteiger partial charge in [-0.3, -0.25) is 0 Å². The molecule has 0 aliphatic rings. The van der Waals surface area contributed by atoms with E-state index in [2.05, 4.69) is 86.2 Å². The van der Waals surface area contributed by atoms with Crippen LogP contribution in [0.1, 0.15) is 0 Å². The molecule has 0 aliphatic heterocycles. The van der Waals surface area contributed by atoms with Crippen molar-refractivity contribution in [3.63, 3.8) is 0 Å². The number of hydrogen-bond acceptors (Lipinski definition) is 0. The van der Waals surface area contributed by atoms with Crippen molar-refractivity contribution in [2.75, 3.05) is 0 Å². The first-order chi connectivity index (χ1) is 7.68. The monoisotopic (exact) mass is 572 g/mol. The molecule has 0 aliphatic carbocycles. The second-order valence-electron chi connectivity index (χ2n) is 3.13. The molecule has 0 radical (unpaired) electrons. The third-order valence-corrected chi connectivity index (χ3v) is 34.5. The maximum atomic E-state index is 3.99. The molecule has 0 amide bonds. The van der Waals surface area contributed by atoms with Gasteiger partial charge in [0.1, 0.15) is 0 Å². The first kappa shape index (κ1) is 13.4. The summed E-state index contributed by atoms with van der Waals surface area (Å²) in [5.74, 6) is 0. The molecule has 84 valence electrons. The molecule has 4 heteroatoms. The van der Waals surface area contributed by atoms with E-state index in [1.165, 1.54) is 7.22 Å². The maximum absolute atomic E-state index is 3.99. The number of benzene rings is 2. The van der Waals surface area contributed by atoms with Gasteiger partial charge in [0.25, 0.3) is 0 Å². The summed E-state index contributed by atoms with van der Waals surface area (Å²) >= 11 is 7.81. The van der Waals surface area contributed by atoms with Gasteiger partial charge in [0, 0.05) is 0 Å². The van der Waals surface area contributed by atoms with Crippen LogP contribution in [0.4, 0.5) is 0 Å². The summed E-state index contributed by atoms with van der Waals surface area (Å²) in [7, 11) is -2.12. The first-order valence-corrected chi connectivity index (χ1v) is 24.8. The fraction of sp³-hybridized carbons (Fsp3) is 0. The van der Waals surface area contributed by atoms with Crippen LogP contribution in [-0.2, 0) is 0 Å². The van der Waals surface area contributed by atoms with Gasteiger partial charge >= 0.3 is 120 Å². The van der Waals surface area contributed by atoms with E-state index in [1.807, 2.05) is 0 Å². The Morgan fingerprint density at radius 3 is 1.81 bits per heavy atom. The first-order valence-electron chi connectivity index (χ1n) is 4.70. The second-order valence-corrected chi connectivity index (χ2v) is 58.2. The van der Waals surface area contributed by atoms with Gasteiger partial charge in [0.05, 0.1) is 0 Å². The Morgan fingerprint density at radius 2 is 1.25 bits per heavy atom. The van der Waals surface area contributed by atoms with Crippen molar-refractivity contribution in [1.29, 1.82) is 0 Å². The van der Waals surface area contributed by atoms with E-state index in [9.17, 15) is 0 Å². The third kappa shape index (κ3) is 3.74. The fourth-order valence-corrected chi connectivity index (χ4v) is 31.7. The molecule has 0 atom stereocenters. The number of halogens is 2. The van der Waals surface area contributed by atoms with Gasteiger partial charge in [-0.25, -0.2) is 0 Å². The van der Waals surface area contributed by atoms with Gasteiger partial charge in [0.15, 0.2) is 0 Å². The zero-order chi connectivity index (χ0) is 11.4. The van der Waals surface area contributed by atoms with Gasteiger partial charge in [-0.1, -0.05) is 0 Å². The topological polar surface area (TPSA) is 0 Å². The van der Waals surface area contributed by atoms with E-state index in [0.29, 0.717) is 0 Å². The molecule has 0 saturated heterocycles. The summed E-state index contributed by atoms with van der Waals surface area (Å²) in [6.07, 6.45) is 0. The van der Waals surface area contributed by atoms with E-state index in [1.54, 1.807) is 0 Å². The van der Waals surface area contributed by atoms with Crippen molar-refractivity contribution in [2.24, 2.45) is 0 Å². The third-order valence-electron chi connectivity index (χ3n) is 1.96. The molecule has 0 unspecified atom stereocenters. The minimum absolute atomic E-state index is 0.171. The molecule has 0 fully saturated rings. The van der Waals surface area contributed by atoms with Crippen molar-refractivity contribution >= 4 is 59.7 Å². The van der Waals surface area contributed by atoms with Gasteiger partial charge in [0.2, 0.25) is 0 Å². The molecule has 16 heavy (non-hydrogen) atoms. The fourth-order valence-electron chi connectivity index (χ4n) is 1.22. The summed E-state index contributed by atoms with van der Waals surface area (Å²) in [5, 5.41) is 0. The van der Waals surface area contributed by atoms with Crippen LogP contribution in [0.25, 0.3) is 0 Å². The minimum atomic E-state index is -2.12. The second kappa shape index (κ2) is 6.24. The van der Waals surface area contributed by atoms with Crippen LogP contribution < -0.4 is 7.22 Å². The molecular formula is C12H10Br2Te2. The van der Waals surface area contributed by atoms with Crippen molar-refractivity contribution in [2.45, 2.75) is 0 Å². The quantitative estimate of drug-likeness (QED) is 0.500. The van der Waals surface area contributed by atoms with E-state index in [4.69, 9.17) is 0 Å². The average Bonchev–Trinajstić information content (AvgIpc) is 2.31. The van der Waals surface area contributed by atoms with E-state index < -0.39 is 9.90 Å². The van der Waals surface area contributed by atoms with Crippen LogP contribution in [0.2, 0.25) is 0 Å². The predicted octanol–water partition coefficient (Wildman–Crippen LogP) is 2.65. The van der Waals surface area contributed by atoms with Crippen molar-refractivity contribution in [3.05, 3.63) is 60.7 Å². The number of hydrogen-bond donors (Lipinski definition) is 0. The molecule has 0 nitrogen and oxygen atoms in total. The SMILES string of the molecule is Br[Te](Br)([Te]c1ccccc1)c1ccccc1. The standard InChI is InChI=1S/C12H10Br2Te2/c13-16(14,12-9-5-2-6-10-12)15-11-7-3-1-4-8-11/h1-10H. The van der Waals surface area contributed by atoms with E-state index in [-0.39, 0.29) is 17.1 Å². The summed E-state index contributed by atoms with van der Waals surface area (Å²) in [4.78, 5) is 0. The molecule has 0 aromatic heterocycles. The van der Waals surface area contributed by atoms with Crippen molar-refractivity contribution in [1.82, 2.24) is 0 Å². The van der Waals surface area contributed by atoms with Crippen LogP contribution in [0.3, 0.4) is 0 Å². The van der Waals surface area contributed by atoms with Gasteiger partial charge in [-0.2, -0.15) is 0 Å². The normalized spacial score (nSPS) is 12.4. The summed E-state index contributed by atoms with van der Waals surface area (Å²) < 4.78 is 3.00. The van der Waals surface area contributed by atoms with E-state index in [0.717, 1.165) is 0 Å². The Kier molecular flexibility index (Phi) is 5.23. The average molecular weight is 569 g/mol. The Labute approximate surface area is 118 Å². The molecular weight excluding hydrogens is 559 g/mol. The zero-order valence-electron chi connectivity index (χ0n) is 8.35. The van der Waals surface area contributed by atoms with Crippen molar-refractivity contribution < 1.29 is 0 Å². The molecule has 0 N–H and O–H groups in total. The molecule has 2 aromatic rings. The Bertz CT molecular complexity index is 443. The van der Waals surface area contributed by atoms with Crippen LogP contribution in [0.15, 0.2) is 60.7 Å². The van der Waals surface area contributed by atoms with E-state index >= 15 is 0 Å². The summed E-state index contributed by atoms with van der Waals surface area (Å²) in [5.41, 5.74) is 0. The van der Waals surface area contributed by atoms with Crippen LogP contribution >= 0.6 is 25.5 Å². The Hall–Kier alpha value is 0.979. The zero-order valence-corrected chi connectivity index (χ0v) is 16.2.